The second-order valence-electron chi connectivity index (χ2n) is 5.20. The average molecular weight is 316 g/mol. The van der Waals surface area contributed by atoms with Gasteiger partial charge in [-0.1, -0.05) is 17.7 Å². The normalized spacial score (nSPS) is 12.6. The van der Waals surface area contributed by atoms with E-state index in [9.17, 15) is 27.1 Å². The molecule has 1 N–H and O–H groups in total. The van der Waals surface area contributed by atoms with E-state index in [-0.39, 0.29) is 5.56 Å². The zero-order valence-corrected chi connectivity index (χ0v) is 12.1. The van der Waals surface area contributed by atoms with Crippen molar-refractivity contribution >= 4 is 0 Å². The molecule has 0 amide bonds. The van der Waals surface area contributed by atoms with Gasteiger partial charge in [0, 0.05) is 0 Å². The van der Waals surface area contributed by atoms with Gasteiger partial charge in [-0.15, -0.1) is 0 Å². The number of rotatable bonds is 2. The number of halogens is 5. The fourth-order valence-corrected chi connectivity index (χ4v) is 2.63. The first-order valence-corrected chi connectivity index (χ1v) is 6.44. The van der Waals surface area contributed by atoms with Crippen molar-refractivity contribution in [2.24, 2.45) is 0 Å². The lowest BCUT2D eigenvalue weighted by Gasteiger charge is -2.19. The molecule has 0 saturated carbocycles. The Morgan fingerprint density at radius 3 is 1.45 bits per heavy atom. The fraction of sp³-hybridized carbons (Fsp3) is 0.250. The molecule has 1 atom stereocenters. The summed E-state index contributed by atoms with van der Waals surface area (Å²) in [6.45, 7) is 4.96. The van der Waals surface area contributed by atoms with Gasteiger partial charge in [-0.05, 0) is 37.5 Å². The third-order valence-corrected chi connectivity index (χ3v) is 3.53. The minimum atomic E-state index is -2.25. The lowest BCUT2D eigenvalue weighted by molar-refractivity contribution is 0.201. The van der Waals surface area contributed by atoms with E-state index in [4.69, 9.17) is 0 Å². The number of benzene rings is 2. The van der Waals surface area contributed by atoms with E-state index >= 15 is 0 Å². The minimum Gasteiger partial charge on any atom is -0.383 e. The van der Waals surface area contributed by atoms with Crippen LogP contribution in [-0.4, -0.2) is 5.11 Å². The SMILES string of the molecule is Cc1cc(C)c(C(O)c2c(F)c(F)c(F)c(F)c2F)c(C)c1. The van der Waals surface area contributed by atoms with Crippen LogP contribution < -0.4 is 0 Å². The summed E-state index contributed by atoms with van der Waals surface area (Å²) in [5, 5.41) is 10.2. The van der Waals surface area contributed by atoms with Crippen LogP contribution in [0.2, 0.25) is 0 Å². The molecular weight excluding hydrogens is 303 g/mol. The van der Waals surface area contributed by atoms with E-state index in [2.05, 4.69) is 0 Å². The molecule has 0 bridgehead atoms. The Hall–Kier alpha value is -1.95. The molecule has 0 spiro atoms. The molecule has 2 aromatic carbocycles. The molecule has 2 rings (SSSR count). The van der Waals surface area contributed by atoms with Crippen molar-refractivity contribution in [1.29, 1.82) is 0 Å². The van der Waals surface area contributed by atoms with Crippen molar-refractivity contribution in [2.75, 3.05) is 0 Å². The molecule has 118 valence electrons. The standard InChI is InChI=1S/C16H13F5O/c1-6-4-7(2)9(8(3)5-6)16(22)10-11(17)13(19)15(21)14(20)12(10)18/h4-5,16,22H,1-3H3. The van der Waals surface area contributed by atoms with Gasteiger partial charge in [-0.3, -0.25) is 0 Å². The van der Waals surface area contributed by atoms with Gasteiger partial charge in [0.25, 0.3) is 0 Å². The molecule has 0 aromatic heterocycles. The van der Waals surface area contributed by atoms with Crippen LogP contribution in [-0.2, 0) is 0 Å². The van der Waals surface area contributed by atoms with Crippen LogP contribution in [0.4, 0.5) is 22.0 Å². The number of aryl methyl sites for hydroxylation is 3. The largest absolute Gasteiger partial charge is 0.383 e. The van der Waals surface area contributed by atoms with E-state index in [1.807, 2.05) is 0 Å². The third-order valence-electron chi connectivity index (χ3n) is 3.53. The van der Waals surface area contributed by atoms with Crippen molar-refractivity contribution in [3.63, 3.8) is 0 Å². The lowest BCUT2D eigenvalue weighted by Crippen LogP contribution is -2.14. The highest BCUT2D eigenvalue weighted by atomic mass is 19.2. The summed E-state index contributed by atoms with van der Waals surface area (Å²) in [6, 6.07) is 3.30. The Balaban J connectivity index is 2.73. The highest BCUT2D eigenvalue weighted by Crippen LogP contribution is 2.34. The van der Waals surface area contributed by atoms with Crippen LogP contribution >= 0.6 is 0 Å². The predicted octanol–water partition coefficient (Wildman–Crippen LogP) is 4.39. The van der Waals surface area contributed by atoms with Gasteiger partial charge >= 0.3 is 0 Å². The molecule has 22 heavy (non-hydrogen) atoms. The molecule has 0 aliphatic rings. The summed E-state index contributed by atoms with van der Waals surface area (Å²) < 4.78 is 67.2. The van der Waals surface area contributed by atoms with Crippen LogP contribution in [0.15, 0.2) is 12.1 Å². The smallest absolute Gasteiger partial charge is 0.200 e. The summed E-state index contributed by atoms with van der Waals surface area (Å²) in [6.07, 6.45) is -1.95. The second-order valence-corrected chi connectivity index (χ2v) is 5.20. The number of hydrogen-bond acceptors (Lipinski definition) is 1. The Labute approximate surface area is 124 Å². The van der Waals surface area contributed by atoms with Crippen molar-refractivity contribution in [3.8, 4) is 0 Å². The molecule has 6 heteroatoms. The number of aliphatic hydroxyl groups excluding tert-OH is 1. The first-order valence-electron chi connectivity index (χ1n) is 6.44. The van der Waals surface area contributed by atoms with Crippen molar-refractivity contribution < 1.29 is 27.1 Å². The summed E-state index contributed by atoms with van der Waals surface area (Å²) in [7, 11) is 0. The Morgan fingerprint density at radius 2 is 1.05 bits per heavy atom. The van der Waals surface area contributed by atoms with E-state index in [1.54, 1.807) is 32.9 Å². The van der Waals surface area contributed by atoms with Gasteiger partial charge in [0.1, 0.15) is 6.10 Å². The average Bonchev–Trinajstić information content (AvgIpc) is 2.42. The molecule has 0 saturated heterocycles. The Bertz CT molecular complexity index is 703. The number of aliphatic hydroxyl groups is 1. The Morgan fingerprint density at radius 1 is 0.682 bits per heavy atom. The van der Waals surface area contributed by atoms with Crippen molar-refractivity contribution in [3.05, 3.63) is 69.0 Å². The maximum Gasteiger partial charge on any atom is 0.200 e. The fourth-order valence-electron chi connectivity index (χ4n) is 2.63. The van der Waals surface area contributed by atoms with Gasteiger partial charge < -0.3 is 5.11 Å². The van der Waals surface area contributed by atoms with Crippen LogP contribution in [0.5, 0.6) is 0 Å². The molecule has 0 aliphatic heterocycles. The van der Waals surface area contributed by atoms with E-state index in [0.29, 0.717) is 11.1 Å². The maximum atomic E-state index is 13.8. The van der Waals surface area contributed by atoms with E-state index < -0.39 is 40.8 Å². The lowest BCUT2D eigenvalue weighted by atomic mass is 9.91. The van der Waals surface area contributed by atoms with Gasteiger partial charge in [-0.2, -0.15) is 0 Å². The second kappa shape index (κ2) is 5.68. The van der Waals surface area contributed by atoms with Gasteiger partial charge in [0.15, 0.2) is 23.3 Å². The highest BCUT2D eigenvalue weighted by Gasteiger charge is 2.31. The minimum absolute atomic E-state index is 0.119. The van der Waals surface area contributed by atoms with Crippen LogP contribution in [0, 0.1) is 49.9 Å². The van der Waals surface area contributed by atoms with Gasteiger partial charge in [0.2, 0.25) is 5.82 Å². The first kappa shape index (κ1) is 16.4. The van der Waals surface area contributed by atoms with E-state index in [1.165, 1.54) is 0 Å². The summed E-state index contributed by atoms with van der Waals surface area (Å²) in [4.78, 5) is 0. The van der Waals surface area contributed by atoms with Gasteiger partial charge in [-0.25, -0.2) is 22.0 Å². The summed E-state index contributed by atoms with van der Waals surface area (Å²) >= 11 is 0. The molecule has 0 radical (unpaired) electrons. The van der Waals surface area contributed by atoms with Crippen LogP contribution in [0.1, 0.15) is 33.9 Å². The van der Waals surface area contributed by atoms with Crippen LogP contribution in [0.3, 0.4) is 0 Å². The highest BCUT2D eigenvalue weighted by molar-refractivity contribution is 5.44. The first-order chi connectivity index (χ1) is 10.2. The topological polar surface area (TPSA) is 20.2 Å². The molecule has 0 fully saturated rings. The molecule has 2 aromatic rings. The number of hydrogen-bond donors (Lipinski definition) is 1. The predicted molar refractivity (Wildman–Crippen MR) is 70.9 cm³/mol. The molecule has 0 heterocycles. The quantitative estimate of drug-likeness (QED) is 0.495. The van der Waals surface area contributed by atoms with Crippen molar-refractivity contribution in [1.82, 2.24) is 0 Å². The summed E-state index contributed by atoms with van der Waals surface area (Å²) in [5.74, 6) is -10.4. The van der Waals surface area contributed by atoms with Crippen molar-refractivity contribution in [2.45, 2.75) is 26.9 Å². The zero-order chi connectivity index (χ0) is 16.8. The van der Waals surface area contributed by atoms with Gasteiger partial charge in [0.05, 0.1) is 5.56 Å². The van der Waals surface area contributed by atoms with Crippen LogP contribution in [0.25, 0.3) is 0 Å². The summed E-state index contributed by atoms with van der Waals surface area (Å²) in [5.41, 5.74) is 0.714. The maximum absolute atomic E-state index is 13.8. The zero-order valence-electron chi connectivity index (χ0n) is 12.1. The molecule has 1 unspecified atom stereocenters. The Kier molecular flexibility index (Phi) is 4.24. The monoisotopic (exact) mass is 316 g/mol. The molecule has 1 nitrogen and oxygen atoms in total. The van der Waals surface area contributed by atoms with E-state index in [0.717, 1.165) is 5.56 Å². The molecular formula is C16H13F5O. The third kappa shape index (κ3) is 2.47. The molecule has 0 aliphatic carbocycles.